The van der Waals surface area contributed by atoms with Gasteiger partial charge in [-0.1, -0.05) is 31.9 Å². The van der Waals surface area contributed by atoms with Crippen LogP contribution in [0.4, 0.5) is 5.69 Å². The first-order valence-corrected chi connectivity index (χ1v) is 6.38. The van der Waals surface area contributed by atoms with E-state index in [4.69, 9.17) is 15.2 Å². The molecule has 94 valence electrons. The molecule has 0 amide bonds. The molecule has 1 heterocycles. The van der Waals surface area contributed by atoms with Crippen molar-refractivity contribution in [3.63, 3.8) is 0 Å². The van der Waals surface area contributed by atoms with Gasteiger partial charge in [0.1, 0.15) is 0 Å². The maximum Gasteiger partial charge on any atom is 0.183 e. The fraction of sp³-hybridized carbons (Fsp3) is 0.571. The zero-order valence-corrected chi connectivity index (χ0v) is 10.4. The Bertz CT molecular complexity index is 329. The first-order chi connectivity index (χ1) is 8.29. The summed E-state index contributed by atoms with van der Waals surface area (Å²) in [5.41, 5.74) is 7.47. The van der Waals surface area contributed by atoms with Gasteiger partial charge in [-0.05, 0) is 18.6 Å². The maximum atomic E-state index is 5.75. The Morgan fingerprint density at radius 3 is 2.41 bits per heavy atom. The van der Waals surface area contributed by atoms with Gasteiger partial charge in [-0.2, -0.15) is 0 Å². The van der Waals surface area contributed by atoms with Crippen LogP contribution >= 0.6 is 0 Å². The van der Waals surface area contributed by atoms with Crippen LogP contribution in [0.25, 0.3) is 0 Å². The van der Waals surface area contributed by atoms with Crippen LogP contribution in [-0.4, -0.2) is 13.2 Å². The fourth-order valence-electron chi connectivity index (χ4n) is 2.05. The molecule has 1 aliphatic rings. The highest BCUT2D eigenvalue weighted by Gasteiger charge is 2.22. The van der Waals surface area contributed by atoms with Gasteiger partial charge in [-0.3, -0.25) is 0 Å². The van der Waals surface area contributed by atoms with Crippen molar-refractivity contribution in [1.29, 1.82) is 0 Å². The fourth-order valence-corrected chi connectivity index (χ4v) is 2.05. The summed E-state index contributed by atoms with van der Waals surface area (Å²) >= 11 is 0. The first-order valence-electron chi connectivity index (χ1n) is 6.38. The highest BCUT2D eigenvalue weighted by molar-refractivity contribution is 5.39. The molecule has 0 aliphatic carbocycles. The zero-order chi connectivity index (χ0) is 12.1. The average Bonchev–Trinajstić information content (AvgIpc) is 2.38. The monoisotopic (exact) mass is 235 g/mol. The molecule has 1 saturated heterocycles. The van der Waals surface area contributed by atoms with Gasteiger partial charge < -0.3 is 15.2 Å². The van der Waals surface area contributed by atoms with Crippen molar-refractivity contribution >= 4 is 5.69 Å². The van der Waals surface area contributed by atoms with Crippen LogP contribution in [0.15, 0.2) is 24.3 Å². The maximum absolute atomic E-state index is 5.75. The van der Waals surface area contributed by atoms with Gasteiger partial charge in [-0.15, -0.1) is 0 Å². The minimum Gasteiger partial charge on any atom is -0.399 e. The van der Waals surface area contributed by atoms with Gasteiger partial charge in [0.25, 0.3) is 0 Å². The number of unbranched alkanes of at least 4 members (excludes halogenated alkanes) is 1. The summed E-state index contributed by atoms with van der Waals surface area (Å²) in [5, 5.41) is 0. The number of nitrogen functional groups attached to an aromatic ring is 1. The molecule has 17 heavy (non-hydrogen) atoms. The lowest BCUT2D eigenvalue weighted by molar-refractivity contribution is -0.206. The normalized spacial score (nSPS) is 24.8. The molecular formula is C14H21NO2. The number of hydrogen-bond donors (Lipinski definition) is 1. The van der Waals surface area contributed by atoms with E-state index in [9.17, 15) is 0 Å². The van der Waals surface area contributed by atoms with Crippen molar-refractivity contribution in [3.8, 4) is 0 Å². The number of benzene rings is 1. The lowest BCUT2D eigenvalue weighted by Crippen LogP contribution is -2.27. The molecular weight excluding hydrogens is 214 g/mol. The molecule has 1 aliphatic heterocycles. The van der Waals surface area contributed by atoms with E-state index in [0.29, 0.717) is 5.92 Å². The minimum atomic E-state index is -0.214. The van der Waals surface area contributed by atoms with Gasteiger partial charge in [0, 0.05) is 17.2 Å². The van der Waals surface area contributed by atoms with Gasteiger partial charge in [0.2, 0.25) is 0 Å². The largest absolute Gasteiger partial charge is 0.399 e. The van der Waals surface area contributed by atoms with Crippen molar-refractivity contribution in [2.75, 3.05) is 18.9 Å². The van der Waals surface area contributed by atoms with Gasteiger partial charge in [0.05, 0.1) is 13.2 Å². The van der Waals surface area contributed by atoms with E-state index in [1.165, 1.54) is 19.3 Å². The van der Waals surface area contributed by atoms with Crippen LogP contribution in [0.1, 0.15) is 38.0 Å². The second-order valence-corrected chi connectivity index (χ2v) is 4.67. The van der Waals surface area contributed by atoms with Crippen molar-refractivity contribution in [2.45, 2.75) is 32.5 Å². The number of anilines is 1. The second-order valence-electron chi connectivity index (χ2n) is 4.67. The predicted octanol–water partition coefficient (Wildman–Crippen LogP) is 3.12. The van der Waals surface area contributed by atoms with E-state index in [1.807, 2.05) is 24.3 Å². The average molecular weight is 235 g/mol. The number of hydrogen-bond acceptors (Lipinski definition) is 3. The summed E-state index contributed by atoms with van der Waals surface area (Å²) in [6.07, 6.45) is 3.47. The third-order valence-electron chi connectivity index (χ3n) is 3.14. The Morgan fingerprint density at radius 1 is 1.18 bits per heavy atom. The van der Waals surface area contributed by atoms with Crippen molar-refractivity contribution in [1.82, 2.24) is 0 Å². The molecule has 2 rings (SSSR count). The molecule has 3 heteroatoms. The Morgan fingerprint density at radius 2 is 1.82 bits per heavy atom. The summed E-state index contributed by atoms with van der Waals surface area (Å²) < 4.78 is 11.5. The van der Waals surface area contributed by atoms with Crippen LogP contribution in [0.2, 0.25) is 0 Å². The predicted molar refractivity (Wildman–Crippen MR) is 68.5 cm³/mol. The Kier molecular flexibility index (Phi) is 4.40. The Balaban J connectivity index is 1.84. The van der Waals surface area contributed by atoms with Crippen LogP contribution in [-0.2, 0) is 9.47 Å². The quantitative estimate of drug-likeness (QED) is 0.815. The molecule has 0 unspecified atom stereocenters. The molecule has 0 saturated carbocycles. The van der Waals surface area contributed by atoms with E-state index in [0.717, 1.165) is 24.5 Å². The number of nitrogens with two attached hydrogens (primary N) is 1. The highest BCUT2D eigenvalue weighted by atomic mass is 16.7. The lowest BCUT2D eigenvalue weighted by Gasteiger charge is -2.29. The van der Waals surface area contributed by atoms with Gasteiger partial charge >= 0.3 is 0 Å². The summed E-state index contributed by atoms with van der Waals surface area (Å²) in [7, 11) is 0. The molecule has 0 atom stereocenters. The molecule has 2 N–H and O–H groups in total. The molecule has 1 fully saturated rings. The molecule has 3 nitrogen and oxygen atoms in total. The lowest BCUT2D eigenvalue weighted by atomic mass is 10.0. The van der Waals surface area contributed by atoms with Gasteiger partial charge in [0.15, 0.2) is 6.29 Å². The van der Waals surface area contributed by atoms with E-state index >= 15 is 0 Å². The Hall–Kier alpha value is -1.06. The smallest absolute Gasteiger partial charge is 0.183 e. The molecule has 0 aromatic heterocycles. The van der Waals surface area contributed by atoms with E-state index in [1.54, 1.807) is 0 Å². The standard InChI is InChI=1S/C14H21NO2/c1-2-3-4-11-9-16-14(17-10-11)12-5-7-13(15)8-6-12/h5-8,11,14H,2-4,9-10,15H2,1H3. The summed E-state index contributed by atoms with van der Waals surface area (Å²) in [6.45, 7) is 3.81. The molecule has 0 radical (unpaired) electrons. The van der Waals surface area contributed by atoms with Crippen LogP contribution in [0.3, 0.4) is 0 Å². The van der Waals surface area contributed by atoms with E-state index in [2.05, 4.69) is 6.92 Å². The first kappa shape index (κ1) is 12.4. The summed E-state index contributed by atoms with van der Waals surface area (Å²) in [4.78, 5) is 0. The van der Waals surface area contributed by atoms with Gasteiger partial charge in [-0.25, -0.2) is 0 Å². The molecule has 1 aromatic rings. The number of ether oxygens (including phenoxy) is 2. The van der Waals surface area contributed by atoms with E-state index < -0.39 is 0 Å². The van der Waals surface area contributed by atoms with Crippen molar-refractivity contribution < 1.29 is 9.47 Å². The molecule has 0 bridgehead atoms. The summed E-state index contributed by atoms with van der Waals surface area (Å²) in [6, 6.07) is 7.69. The SMILES string of the molecule is CCCCC1COC(c2ccc(N)cc2)OC1. The Labute approximate surface area is 103 Å². The zero-order valence-electron chi connectivity index (χ0n) is 10.4. The van der Waals surface area contributed by atoms with Crippen LogP contribution < -0.4 is 5.73 Å². The third-order valence-corrected chi connectivity index (χ3v) is 3.14. The van der Waals surface area contributed by atoms with Crippen molar-refractivity contribution in [2.24, 2.45) is 5.92 Å². The minimum absolute atomic E-state index is 0.214. The summed E-state index contributed by atoms with van der Waals surface area (Å²) in [5.74, 6) is 0.556. The van der Waals surface area contributed by atoms with Crippen LogP contribution in [0, 0.1) is 5.92 Å². The van der Waals surface area contributed by atoms with Crippen molar-refractivity contribution in [3.05, 3.63) is 29.8 Å². The topological polar surface area (TPSA) is 44.5 Å². The molecule has 0 spiro atoms. The molecule has 1 aromatic carbocycles. The highest BCUT2D eigenvalue weighted by Crippen LogP contribution is 2.27. The third kappa shape index (κ3) is 3.45. The van der Waals surface area contributed by atoms with Crippen LogP contribution in [0.5, 0.6) is 0 Å². The second kappa shape index (κ2) is 6.03. The number of rotatable bonds is 4. The van der Waals surface area contributed by atoms with E-state index in [-0.39, 0.29) is 6.29 Å².